The number of hydrogen-bond donors (Lipinski definition) is 0. The molecule has 0 bridgehead atoms. The van der Waals surface area contributed by atoms with Gasteiger partial charge in [0.15, 0.2) is 0 Å². The first-order valence-electron chi connectivity index (χ1n) is 8.40. The SMILES string of the molecule is Cc1cc(C)cc(C(=O)N(C)Cc2cnn(Cc3ccccc3)c2)c1. The molecule has 3 aromatic rings. The van der Waals surface area contributed by atoms with Gasteiger partial charge in [-0.05, 0) is 31.5 Å². The van der Waals surface area contributed by atoms with E-state index in [2.05, 4.69) is 23.3 Å². The van der Waals surface area contributed by atoms with Crippen molar-refractivity contribution < 1.29 is 4.79 Å². The summed E-state index contributed by atoms with van der Waals surface area (Å²) in [5.41, 5.74) is 5.17. The molecule has 1 aromatic heterocycles. The number of carbonyl (C=O) groups excluding carboxylic acids is 1. The minimum atomic E-state index is 0.0302. The van der Waals surface area contributed by atoms with Gasteiger partial charge in [-0.25, -0.2) is 0 Å². The molecule has 0 aliphatic rings. The first-order chi connectivity index (χ1) is 12.0. The number of carbonyl (C=O) groups is 1. The second kappa shape index (κ2) is 7.34. The second-order valence-corrected chi connectivity index (χ2v) is 6.57. The molecule has 3 rings (SSSR count). The van der Waals surface area contributed by atoms with Crippen LogP contribution in [0.2, 0.25) is 0 Å². The molecule has 0 radical (unpaired) electrons. The van der Waals surface area contributed by atoms with Gasteiger partial charge in [-0.2, -0.15) is 5.10 Å². The lowest BCUT2D eigenvalue weighted by Crippen LogP contribution is -2.26. The maximum atomic E-state index is 12.6. The summed E-state index contributed by atoms with van der Waals surface area (Å²) in [4.78, 5) is 14.4. The normalized spacial score (nSPS) is 10.7. The second-order valence-electron chi connectivity index (χ2n) is 6.57. The number of hydrogen-bond acceptors (Lipinski definition) is 2. The Balaban J connectivity index is 1.66. The van der Waals surface area contributed by atoms with Crippen LogP contribution in [-0.4, -0.2) is 27.6 Å². The third-order valence-electron chi connectivity index (χ3n) is 4.11. The third kappa shape index (κ3) is 4.35. The van der Waals surface area contributed by atoms with Gasteiger partial charge in [0.05, 0.1) is 12.7 Å². The molecule has 128 valence electrons. The van der Waals surface area contributed by atoms with Gasteiger partial charge in [0.1, 0.15) is 0 Å². The average molecular weight is 333 g/mol. The van der Waals surface area contributed by atoms with Crippen LogP contribution in [0.4, 0.5) is 0 Å². The van der Waals surface area contributed by atoms with E-state index in [0.717, 1.165) is 28.8 Å². The van der Waals surface area contributed by atoms with Crippen LogP contribution in [0.15, 0.2) is 60.9 Å². The molecule has 25 heavy (non-hydrogen) atoms. The lowest BCUT2D eigenvalue weighted by molar-refractivity contribution is 0.0785. The van der Waals surface area contributed by atoms with Crippen molar-refractivity contribution in [1.29, 1.82) is 0 Å². The van der Waals surface area contributed by atoms with Crippen LogP contribution in [0, 0.1) is 13.8 Å². The maximum Gasteiger partial charge on any atom is 0.253 e. The molecule has 4 heteroatoms. The molecule has 4 nitrogen and oxygen atoms in total. The smallest absolute Gasteiger partial charge is 0.253 e. The lowest BCUT2D eigenvalue weighted by atomic mass is 10.1. The van der Waals surface area contributed by atoms with Gasteiger partial charge < -0.3 is 4.90 Å². The molecular weight excluding hydrogens is 310 g/mol. The van der Waals surface area contributed by atoms with Crippen LogP contribution in [0.25, 0.3) is 0 Å². The molecule has 0 aliphatic heterocycles. The topological polar surface area (TPSA) is 38.1 Å². The minimum Gasteiger partial charge on any atom is -0.337 e. The highest BCUT2D eigenvalue weighted by Gasteiger charge is 2.13. The van der Waals surface area contributed by atoms with E-state index in [1.807, 2.05) is 68.3 Å². The van der Waals surface area contributed by atoms with Gasteiger partial charge in [-0.3, -0.25) is 9.48 Å². The molecule has 0 unspecified atom stereocenters. The molecule has 0 fully saturated rings. The fraction of sp³-hybridized carbons (Fsp3) is 0.238. The minimum absolute atomic E-state index is 0.0302. The number of rotatable bonds is 5. The van der Waals surface area contributed by atoms with Gasteiger partial charge in [0, 0.05) is 30.9 Å². The van der Waals surface area contributed by atoms with Gasteiger partial charge in [0.2, 0.25) is 0 Å². The molecule has 0 saturated heterocycles. The number of aromatic nitrogens is 2. The fourth-order valence-corrected chi connectivity index (χ4v) is 3.01. The molecule has 0 N–H and O–H groups in total. The van der Waals surface area contributed by atoms with Crippen LogP contribution in [0.5, 0.6) is 0 Å². The summed E-state index contributed by atoms with van der Waals surface area (Å²) in [6.07, 6.45) is 3.83. The van der Waals surface area contributed by atoms with Crippen molar-refractivity contribution >= 4 is 5.91 Å². The van der Waals surface area contributed by atoms with E-state index in [1.54, 1.807) is 4.90 Å². The summed E-state index contributed by atoms with van der Waals surface area (Å²) >= 11 is 0. The van der Waals surface area contributed by atoms with Gasteiger partial charge >= 0.3 is 0 Å². The zero-order valence-corrected chi connectivity index (χ0v) is 14.9. The molecule has 0 saturated carbocycles. The molecule has 1 heterocycles. The monoisotopic (exact) mass is 333 g/mol. The van der Waals surface area contributed by atoms with Crippen molar-refractivity contribution in [2.45, 2.75) is 26.9 Å². The zero-order valence-electron chi connectivity index (χ0n) is 14.9. The van der Waals surface area contributed by atoms with Crippen molar-refractivity contribution in [3.8, 4) is 0 Å². The molecule has 0 atom stereocenters. The van der Waals surface area contributed by atoms with Gasteiger partial charge in [-0.1, -0.05) is 47.5 Å². The molecule has 0 aliphatic carbocycles. The Hall–Kier alpha value is -2.88. The standard InChI is InChI=1S/C21H23N3O/c1-16-9-17(2)11-20(10-16)21(25)23(3)13-19-12-22-24(15-19)14-18-7-5-4-6-8-18/h4-12,15H,13-14H2,1-3H3. The van der Waals surface area contributed by atoms with E-state index < -0.39 is 0 Å². The van der Waals surface area contributed by atoms with Gasteiger partial charge in [0.25, 0.3) is 5.91 Å². The highest BCUT2D eigenvalue weighted by atomic mass is 16.2. The largest absolute Gasteiger partial charge is 0.337 e. The Morgan fingerprint density at radius 2 is 1.72 bits per heavy atom. The average Bonchev–Trinajstić information content (AvgIpc) is 3.01. The number of nitrogens with zero attached hydrogens (tertiary/aromatic N) is 3. The van der Waals surface area contributed by atoms with Crippen LogP contribution in [-0.2, 0) is 13.1 Å². The first kappa shape index (κ1) is 17.0. The third-order valence-corrected chi connectivity index (χ3v) is 4.11. The predicted octanol–water partition coefficient (Wildman–Crippen LogP) is 3.82. The Bertz CT molecular complexity index is 848. The first-order valence-corrected chi connectivity index (χ1v) is 8.40. The molecule has 1 amide bonds. The van der Waals surface area contributed by atoms with Crippen molar-refractivity contribution in [3.05, 3.63) is 88.7 Å². The van der Waals surface area contributed by atoms with E-state index in [1.165, 1.54) is 5.56 Å². The van der Waals surface area contributed by atoms with E-state index in [0.29, 0.717) is 6.54 Å². The summed E-state index contributed by atoms with van der Waals surface area (Å²) in [5, 5.41) is 4.40. The summed E-state index contributed by atoms with van der Waals surface area (Å²) in [5.74, 6) is 0.0302. The Morgan fingerprint density at radius 3 is 2.40 bits per heavy atom. The Morgan fingerprint density at radius 1 is 1.04 bits per heavy atom. The Kier molecular flexibility index (Phi) is 4.98. The van der Waals surface area contributed by atoms with Crippen molar-refractivity contribution in [3.63, 3.8) is 0 Å². The van der Waals surface area contributed by atoms with Crippen molar-refractivity contribution in [2.24, 2.45) is 0 Å². The van der Waals surface area contributed by atoms with Crippen LogP contribution in [0.3, 0.4) is 0 Å². The predicted molar refractivity (Wildman–Crippen MR) is 99.5 cm³/mol. The van der Waals surface area contributed by atoms with Crippen LogP contribution >= 0.6 is 0 Å². The quantitative estimate of drug-likeness (QED) is 0.712. The van der Waals surface area contributed by atoms with E-state index in [9.17, 15) is 4.79 Å². The van der Waals surface area contributed by atoms with Gasteiger partial charge in [-0.15, -0.1) is 0 Å². The molecule has 0 spiro atoms. The van der Waals surface area contributed by atoms with Crippen LogP contribution < -0.4 is 0 Å². The van der Waals surface area contributed by atoms with Crippen LogP contribution in [0.1, 0.15) is 32.6 Å². The Labute approximate surface area is 148 Å². The zero-order chi connectivity index (χ0) is 17.8. The van der Waals surface area contributed by atoms with E-state index in [-0.39, 0.29) is 5.91 Å². The summed E-state index contributed by atoms with van der Waals surface area (Å²) in [7, 11) is 1.83. The van der Waals surface area contributed by atoms with E-state index in [4.69, 9.17) is 0 Å². The number of amides is 1. The van der Waals surface area contributed by atoms with Crippen molar-refractivity contribution in [2.75, 3.05) is 7.05 Å². The van der Waals surface area contributed by atoms with E-state index >= 15 is 0 Å². The number of aryl methyl sites for hydroxylation is 2. The summed E-state index contributed by atoms with van der Waals surface area (Å²) < 4.78 is 1.90. The highest BCUT2D eigenvalue weighted by molar-refractivity contribution is 5.94. The fourth-order valence-electron chi connectivity index (χ4n) is 3.01. The molecular formula is C21H23N3O. The lowest BCUT2D eigenvalue weighted by Gasteiger charge is -2.17. The molecule has 2 aromatic carbocycles. The van der Waals surface area contributed by atoms with Crippen molar-refractivity contribution in [1.82, 2.24) is 14.7 Å². The highest BCUT2D eigenvalue weighted by Crippen LogP contribution is 2.13. The summed E-state index contributed by atoms with van der Waals surface area (Å²) in [6, 6.07) is 16.2. The maximum absolute atomic E-state index is 12.6. The number of benzene rings is 2. The summed E-state index contributed by atoms with van der Waals surface area (Å²) in [6.45, 7) is 5.30.